The van der Waals surface area contributed by atoms with Gasteiger partial charge >= 0.3 is 6.41 Å². The number of hydrogen-bond donors (Lipinski definition) is 1. The van der Waals surface area contributed by atoms with Crippen molar-refractivity contribution in [2.24, 2.45) is 0 Å². The number of nitrogens with one attached hydrogen (secondary N) is 1. The molecule has 0 saturated heterocycles. The Morgan fingerprint density at radius 3 is 2.82 bits per heavy atom. The topological polar surface area (TPSA) is 29.1 Å². The first-order valence-electron chi connectivity index (χ1n) is 3.18. The molecule has 0 aliphatic carbocycles. The maximum Gasteiger partial charge on any atom is 0.309 e. The largest absolute Gasteiger partial charge is 0.344 e. The van der Waals surface area contributed by atoms with Crippen LogP contribution < -0.4 is 5.32 Å². The second-order valence-electron chi connectivity index (χ2n) is 2.05. The van der Waals surface area contributed by atoms with Gasteiger partial charge in [-0.25, -0.2) is 4.39 Å². The van der Waals surface area contributed by atoms with E-state index in [1.165, 1.54) is 12.5 Å². The van der Waals surface area contributed by atoms with Gasteiger partial charge in [-0.05, 0) is 6.07 Å². The summed E-state index contributed by atoms with van der Waals surface area (Å²) >= 11 is 0. The molecule has 0 unspecified atom stereocenters. The number of benzene rings is 1. The van der Waals surface area contributed by atoms with Crippen LogP contribution >= 0.6 is 0 Å². The Hall–Kier alpha value is -1.38. The van der Waals surface area contributed by atoms with Gasteiger partial charge in [0, 0.05) is 12.1 Å². The van der Waals surface area contributed by atoms with Crippen LogP contribution in [0.2, 0.25) is 0 Å². The highest BCUT2D eigenvalue weighted by atomic mass is 19.1. The highest BCUT2D eigenvalue weighted by Gasteiger charge is 1.97. The van der Waals surface area contributed by atoms with Crippen LogP contribution in [0.5, 0.6) is 0 Å². The Kier molecular flexibility index (Phi) is 2.60. The molecule has 0 spiro atoms. The first-order valence-corrected chi connectivity index (χ1v) is 3.18. The highest BCUT2D eigenvalue weighted by molar-refractivity contribution is 5.47. The SMILES string of the molecule is O=[C]NCc1ccccc1F. The predicted octanol–water partition coefficient (Wildman–Crippen LogP) is 0.983. The van der Waals surface area contributed by atoms with E-state index in [2.05, 4.69) is 5.32 Å². The molecule has 1 aromatic rings. The number of rotatable bonds is 3. The molecule has 57 valence electrons. The maximum absolute atomic E-state index is 12.7. The molecule has 0 fully saturated rings. The number of halogens is 1. The lowest BCUT2D eigenvalue weighted by atomic mass is 10.2. The molecule has 1 amide bonds. The van der Waals surface area contributed by atoms with Crippen LogP contribution in [0.15, 0.2) is 24.3 Å². The minimum Gasteiger partial charge on any atom is -0.344 e. The molecular weight excluding hydrogens is 145 g/mol. The van der Waals surface area contributed by atoms with Crippen molar-refractivity contribution < 1.29 is 9.18 Å². The van der Waals surface area contributed by atoms with Crippen molar-refractivity contribution in [1.82, 2.24) is 5.32 Å². The normalized spacial score (nSPS) is 9.18. The lowest BCUT2D eigenvalue weighted by molar-refractivity contribution is 0.539. The summed E-state index contributed by atoms with van der Waals surface area (Å²) in [6.07, 6.45) is 1.48. The summed E-state index contributed by atoms with van der Waals surface area (Å²) in [5.74, 6) is -0.310. The first-order chi connectivity index (χ1) is 5.34. The quantitative estimate of drug-likeness (QED) is 0.643. The summed E-state index contributed by atoms with van der Waals surface area (Å²) in [5, 5.41) is 2.26. The summed E-state index contributed by atoms with van der Waals surface area (Å²) in [6.45, 7) is 0.191. The van der Waals surface area contributed by atoms with Crippen LogP contribution in [0, 0.1) is 5.82 Å². The Morgan fingerprint density at radius 1 is 1.45 bits per heavy atom. The fourth-order valence-electron chi connectivity index (χ4n) is 0.773. The molecule has 1 rings (SSSR count). The van der Waals surface area contributed by atoms with Crippen molar-refractivity contribution in [1.29, 1.82) is 0 Å². The van der Waals surface area contributed by atoms with E-state index in [4.69, 9.17) is 0 Å². The minimum atomic E-state index is -0.310. The average molecular weight is 152 g/mol. The van der Waals surface area contributed by atoms with Crippen LogP contribution in [0.4, 0.5) is 4.39 Å². The van der Waals surface area contributed by atoms with E-state index in [0.29, 0.717) is 5.56 Å². The molecule has 0 saturated carbocycles. The first kappa shape index (κ1) is 7.72. The molecule has 0 atom stereocenters. The molecule has 1 N–H and O–H groups in total. The summed E-state index contributed by atoms with van der Waals surface area (Å²) in [4.78, 5) is 9.73. The van der Waals surface area contributed by atoms with Gasteiger partial charge in [-0.15, -0.1) is 0 Å². The zero-order valence-electron chi connectivity index (χ0n) is 5.80. The van der Waals surface area contributed by atoms with E-state index in [1.807, 2.05) is 0 Å². The second-order valence-corrected chi connectivity index (χ2v) is 2.05. The lowest BCUT2D eigenvalue weighted by Crippen LogP contribution is -2.10. The molecule has 0 aromatic heterocycles. The van der Waals surface area contributed by atoms with Crippen LogP contribution in [0.1, 0.15) is 5.56 Å². The fraction of sp³-hybridized carbons (Fsp3) is 0.125. The van der Waals surface area contributed by atoms with E-state index >= 15 is 0 Å². The van der Waals surface area contributed by atoms with Gasteiger partial charge in [0.05, 0.1) is 0 Å². The molecule has 0 aliphatic rings. The lowest BCUT2D eigenvalue weighted by Gasteiger charge is -1.98. The molecule has 3 heteroatoms. The van der Waals surface area contributed by atoms with E-state index in [1.54, 1.807) is 18.2 Å². The molecule has 1 radical (unpaired) electrons. The standard InChI is InChI=1S/C8H7FNO/c9-8-4-2-1-3-7(8)5-10-6-11/h1-4H,5H2,(H,10,11). The molecule has 1 aromatic carbocycles. The van der Waals surface area contributed by atoms with Crippen LogP contribution in [-0.4, -0.2) is 6.41 Å². The minimum absolute atomic E-state index is 0.191. The van der Waals surface area contributed by atoms with Crippen LogP contribution in [-0.2, 0) is 11.3 Å². The van der Waals surface area contributed by atoms with Gasteiger partial charge in [-0.1, -0.05) is 18.2 Å². The Bertz CT molecular complexity index is 250. The highest BCUT2D eigenvalue weighted by Crippen LogP contribution is 2.04. The Labute approximate surface area is 64.0 Å². The summed E-state index contributed by atoms with van der Waals surface area (Å²) in [6, 6.07) is 6.27. The van der Waals surface area contributed by atoms with Crippen molar-refractivity contribution in [3.63, 3.8) is 0 Å². The van der Waals surface area contributed by atoms with E-state index < -0.39 is 0 Å². The van der Waals surface area contributed by atoms with Gasteiger partial charge in [-0.3, -0.25) is 4.79 Å². The van der Waals surface area contributed by atoms with Gasteiger partial charge < -0.3 is 5.32 Å². The summed E-state index contributed by atoms with van der Waals surface area (Å²) < 4.78 is 12.7. The van der Waals surface area contributed by atoms with E-state index in [-0.39, 0.29) is 12.4 Å². The molecule has 0 bridgehead atoms. The Balaban J connectivity index is 2.69. The van der Waals surface area contributed by atoms with Crippen molar-refractivity contribution in [2.75, 3.05) is 0 Å². The molecular formula is C8H7FNO. The monoisotopic (exact) mass is 152 g/mol. The third-order valence-corrected chi connectivity index (χ3v) is 1.31. The van der Waals surface area contributed by atoms with E-state index in [0.717, 1.165) is 0 Å². The van der Waals surface area contributed by atoms with Crippen molar-refractivity contribution in [2.45, 2.75) is 6.54 Å². The van der Waals surface area contributed by atoms with Crippen LogP contribution in [0.3, 0.4) is 0 Å². The third-order valence-electron chi connectivity index (χ3n) is 1.31. The van der Waals surface area contributed by atoms with Crippen LogP contribution in [0.25, 0.3) is 0 Å². The van der Waals surface area contributed by atoms with Crippen molar-refractivity contribution in [3.05, 3.63) is 35.6 Å². The van der Waals surface area contributed by atoms with Gasteiger partial charge in [0.15, 0.2) is 0 Å². The molecule has 11 heavy (non-hydrogen) atoms. The van der Waals surface area contributed by atoms with Gasteiger partial charge in [0.2, 0.25) is 0 Å². The third kappa shape index (κ3) is 2.04. The van der Waals surface area contributed by atoms with E-state index in [9.17, 15) is 9.18 Å². The van der Waals surface area contributed by atoms with Gasteiger partial charge in [-0.2, -0.15) is 0 Å². The molecule has 0 aliphatic heterocycles. The Morgan fingerprint density at radius 2 is 2.18 bits per heavy atom. The van der Waals surface area contributed by atoms with Gasteiger partial charge in [0.25, 0.3) is 0 Å². The number of carbonyl (C=O) groups excluding carboxylic acids is 1. The summed E-state index contributed by atoms with van der Waals surface area (Å²) in [5.41, 5.74) is 0.468. The zero-order chi connectivity index (χ0) is 8.10. The number of amides is 1. The predicted molar refractivity (Wildman–Crippen MR) is 38.9 cm³/mol. The second kappa shape index (κ2) is 3.71. The average Bonchev–Trinajstić information content (AvgIpc) is 2.03. The summed E-state index contributed by atoms with van der Waals surface area (Å²) in [7, 11) is 0. The fourth-order valence-corrected chi connectivity index (χ4v) is 0.773. The zero-order valence-corrected chi connectivity index (χ0v) is 5.80. The maximum atomic E-state index is 12.7. The molecule has 0 heterocycles. The molecule has 2 nitrogen and oxygen atoms in total. The van der Waals surface area contributed by atoms with Gasteiger partial charge in [0.1, 0.15) is 5.82 Å². The van der Waals surface area contributed by atoms with Crippen molar-refractivity contribution in [3.8, 4) is 0 Å². The van der Waals surface area contributed by atoms with Crippen molar-refractivity contribution >= 4 is 6.41 Å². The number of hydrogen-bond acceptors (Lipinski definition) is 1. The smallest absolute Gasteiger partial charge is 0.309 e.